The van der Waals surface area contributed by atoms with Gasteiger partial charge >= 0.3 is 0 Å². The monoisotopic (exact) mass is 274 g/mol. The highest BCUT2D eigenvalue weighted by molar-refractivity contribution is 5.85. The summed E-state index contributed by atoms with van der Waals surface area (Å²) in [7, 11) is 0. The van der Waals surface area contributed by atoms with Crippen LogP contribution in [0.4, 0.5) is 0 Å². The van der Waals surface area contributed by atoms with Gasteiger partial charge in [0.25, 0.3) is 0 Å². The third-order valence-corrected chi connectivity index (χ3v) is 4.09. The SMILES string of the molecule is CC(C)CCNC(=O)CC1CC2CCC(C1)N2.Cl. The predicted molar refractivity (Wildman–Crippen MR) is 77.0 cm³/mol. The molecule has 2 atom stereocenters. The number of carbonyl (C=O) groups is 1. The van der Waals surface area contributed by atoms with E-state index < -0.39 is 0 Å². The van der Waals surface area contributed by atoms with Crippen molar-refractivity contribution in [2.45, 2.75) is 64.5 Å². The molecule has 0 aromatic carbocycles. The Morgan fingerprint density at radius 2 is 1.89 bits per heavy atom. The van der Waals surface area contributed by atoms with Crippen molar-refractivity contribution in [2.24, 2.45) is 11.8 Å². The van der Waals surface area contributed by atoms with Gasteiger partial charge < -0.3 is 10.6 Å². The van der Waals surface area contributed by atoms with Crippen LogP contribution in [0.1, 0.15) is 52.4 Å². The van der Waals surface area contributed by atoms with Crippen LogP contribution in [-0.2, 0) is 4.79 Å². The van der Waals surface area contributed by atoms with Crippen molar-refractivity contribution < 1.29 is 4.79 Å². The first-order valence-corrected chi connectivity index (χ1v) is 7.16. The number of piperidine rings is 1. The first-order chi connectivity index (χ1) is 8.13. The van der Waals surface area contributed by atoms with Crippen LogP contribution in [0.25, 0.3) is 0 Å². The lowest BCUT2D eigenvalue weighted by molar-refractivity contribution is -0.122. The summed E-state index contributed by atoms with van der Waals surface area (Å²) in [6, 6.07) is 1.39. The smallest absolute Gasteiger partial charge is 0.220 e. The number of rotatable bonds is 5. The topological polar surface area (TPSA) is 41.1 Å². The zero-order valence-electron chi connectivity index (χ0n) is 11.6. The van der Waals surface area contributed by atoms with Crippen molar-refractivity contribution >= 4 is 18.3 Å². The lowest BCUT2D eigenvalue weighted by atomic mass is 9.89. The maximum Gasteiger partial charge on any atom is 0.220 e. The molecule has 2 unspecified atom stereocenters. The summed E-state index contributed by atoms with van der Waals surface area (Å²) in [5.74, 6) is 1.55. The van der Waals surface area contributed by atoms with E-state index >= 15 is 0 Å². The van der Waals surface area contributed by atoms with Gasteiger partial charge in [-0.2, -0.15) is 0 Å². The molecule has 4 heteroatoms. The third-order valence-electron chi connectivity index (χ3n) is 4.09. The Kier molecular flexibility index (Phi) is 6.44. The number of hydrogen-bond acceptors (Lipinski definition) is 2. The molecule has 2 rings (SSSR count). The highest BCUT2D eigenvalue weighted by atomic mass is 35.5. The first-order valence-electron chi connectivity index (χ1n) is 7.16. The zero-order chi connectivity index (χ0) is 12.3. The third kappa shape index (κ3) is 4.77. The Hall–Kier alpha value is -0.280. The zero-order valence-corrected chi connectivity index (χ0v) is 12.4. The lowest BCUT2D eigenvalue weighted by Crippen LogP contribution is -2.39. The minimum Gasteiger partial charge on any atom is -0.356 e. The molecule has 0 aromatic heterocycles. The maximum absolute atomic E-state index is 11.8. The minimum absolute atomic E-state index is 0. The van der Waals surface area contributed by atoms with E-state index in [1.54, 1.807) is 0 Å². The number of halogens is 1. The number of fused-ring (bicyclic) bond motifs is 2. The van der Waals surface area contributed by atoms with Crippen LogP contribution in [0.5, 0.6) is 0 Å². The van der Waals surface area contributed by atoms with Crippen LogP contribution in [0.3, 0.4) is 0 Å². The number of carbonyl (C=O) groups excluding carboxylic acids is 1. The van der Waals surface area contributed by atoms with Gasteiger partial charge in [-0.05, 0) is 43.9 Å². The second-order valence-corrected chi connectivity index (χ2v) is 6.21. The average Bonchev–Trinajstić information content (AvgIpc) is 2.57. The summed E-state index contributed by atoms with van der Waals surface area (Å²) in [6.07, 6.45) is 6.87. The summed E-state index contributed by atoms with van der Waals surface area (Å²) in [4.78, 5) is 11.8. The number of nitrogens with one attached hydrogen (secondary N) is 2. The molecule has 106 valence electrons. The quantitative estimate of drug-likeness (QED) is 0.809. The molecule has 2 aliphatic heterocycles. The van der Waals surface area contributed by atoms with Crippen molar-refractivity contribution in [1.29, 1.82) is 0 Å². The van der Waals surface area contributed by atoms with Crippen LogP contribution in [0.2, 0.25) is 0 Å². The highest BCUT2D eigenvalue weighted by Crippen LogP contribution is 2.32. The molecule has 0 aromatic rings. The molecule has 2 aliphatic rings. The fourth-order valence-electron chi connectivity index (χ4n) is 3.18. The fraction of sp³-hybridized carbons (Fsp3) is 0.929. The van der Waals surface area contributed by atoms with Crippen LogP contribution in [-0.4, -0.2) is 24.5 Å². The van der Waals surface area contributed by atoms with Crippen molar-refractivity contribution in [3.8, 4) is 0 Å². The summed E-state index contributed by atoms with van der Waals surface area (Å²) in [5, 5.41) is 6.67. The average molecular weight is 275 g/mol. The molecule has 18 heavy (non-hydrogen) atoms. The van der Waals surface area contributed by atoms with E-state index in [-0.39, 0.29) is 18.3 Å². The van der Waals surface area contributed by atoms with E-state index in [0.29, 0.717) is 23.9 Å². The van der Waals surface area contributed by atoms with Gasteiger partial charge in [0.15, 0.2) is 0 Å². The summed E-state index contributed by atoms with van der Waals surface area (Å²) in [6.45, 7) is 5.22. The molecule has 0 radical (unpaired) electrons. The highest BCUT2D eigenvalue weighted by Gasteiger charge is 2.33. The van der Waals surface area contributed by atoms with Crippen LogP contribution < -0.4 is 10.6 Å². The summed E-state index contributed by atoms with van der Waals surface area (Å²) in [5.41, 5.74) is 0. The van der Waals surface area contributed by atoms with Crippen molar-refractivity contribution in [1.82, 2.24) is 10.6 Å². The Balaban J connectivity index is 0.00000162. The normalized spacial score (nSPS) is 30.1. The number of amides is 1. The maximum atomic E-state index is 11.8. The summed E-state index contributed by atoms with van der Waals surface area (Å²) < 4.78 is 0. The molecular weight excluding hydrogens is 248 g/mol. The minimum atomic E-state index is 0. The number of hydrogen-bond donors (Lipinski definition) is 2. The van der Waals surface area contributed by atoms with Crippen molar-refractivity contribution in [3.63, 3.8) is 0 Å². The first kappa shape index (κ1) is 15.8. The standard InChI is InChI=1S/C14H26N2O.ClH/c1-10(2)5-6-15-14(17)9-11-7-12-3-4-13(8-11)16-12;/h10-13,16H,3-9H2,1-2H3,(H,15,17);1H. The Morgan fingerprint density at radius 1 is 1.28 bits per heavy atom. The second-order valence-electron chi connectivity index (χ2n) is 6.21. The molecular formula is C14H27ClN2O. The van der Waals surface area contributed by atoms with Crippen LogP contribution >= 0.6 is 12.4 Å². The molecule has 2 fully saturated rings. The lowest BCUT2D eigenvalue weighted by Gasteiger charge is -2.28. The van der Waals surface area contributed by atoms with Gasteiger partial charge in [-0.15, -0.1) is 12.4 Å². The molecule has 3 nitrogen and oxygen atoms in total. The van der Waals surface area contributed by atoms with E-state index in [9.17, 15) is 4.79 Å². The molecule has 1 amide bonds. The largest absolute Gasteiger partial charge is 0.356 e. The van der Waals surface area contributed by atoms with E-state index in [4.69, 9.17) is 0 Å². The van der Waals surface area contributed by atoms with E-state index in [0.717, 1.165) is 19.4 Å². The van der Waals surface area contributed by atoms with Crippen molar-refractivity contribution in [2.75, 3.05) is 6.54 Å². The molecule has 0 spiro atoms. The van der Waals surface area contributed by atoms with E-state index in [2.05, 4.69) is 24.5 Å². The van der Waals surface area contributed by atoms with Gasteiger partial charge in [0.05, 0.1) is 0 Å². The predicted octanol–water partition coefficient (Wildman–Crippen LogP) is 2.49. The second kappa shape index (κ2) is 7.34. The molecule has 2 N–H and O–H groups in total. The Morgan fingerprint density at radius 3 is 2.44 bits per heavy atom. The fourth-order valence-corrected chi connectivity index (χ4v) is 3.18. The van der Waals surface area contributed by atoms with Crippen LogP contribution in [0.15, 0.2) is 0 Å². The Bertz CT molecular complexity index is 259. The van der Waals surface area contributed by atoms with E-state index in [1.165, 1.54) is 25.7 Å². The van der Waals surface area contributed by atoms with Gasteiger partial charge in [0, 0.05) is 25.0 Å². The van der Waals surface area contributed by atoms with Gasteiger partial charge in [-0.25, -0.2) is 0 Å². The molecule has 2 heterocycles. The van der Waals surface area contributed by atoms with Gasteiger partial charge in [0.1, 0.15) is 0 Å². The Labute approximate surface area is 117 Å². The van der Waals surface area contributed by atoms with Crippen molar-refractivity contribution in [3.05, 3.63) is 0 Å². The van der Waals surface area contributed by atoms with Crippen LogP contribution in [0, 0.1) is 11.8 Å². The molecule has 0 saturated carbocycles. The van der Waals surface area contributed by atoms with Gasteiger partial charge in [0.2, 0.25) is 5.91 Å². The van der Waals surface area contributed by atoms with E-state index in [1.807, 2.05) is 0 Å². The molecule has 2 bridgehead atoms. The van der Waals surface area contributed by atoms with Gasteiger partial charge in [-0.3, -0.25) is 4.79 Å². The molecule has 2 saturated heterocycles. The van der Waals surface area contributed by atoms with Gasteiger partial charge in [-0.1, -0.05) is 13.8 Å². The summed E-state index contributed by atoms with van der Waals surface area (Å²) >= 11 is 0. The molecule has 0 aliphatic carbocycles.